The molecule has 5 aromatic carbocycles. The molecule has 0 heterocycles. The van der Waals surface area contributed by atoms with Crippen LogP contribution < -0.4 is 0 Å². The van der Waals surface area contributed by atoms with Crippen molar-refractivity contribution in [1.82, 2.24) is 0 Å². The first-order valence-electron chi connectivity index (χ1n) is 10.5. The Labute approximate surface area is 212 Å². The minimum Gasteiger partial charge on any atom is -0.126 e. The number of rotatable bonds is 3. The van der Waals surface area contributed by atoms with Gasteiger partial charge in [-0.05, 0) is 12.8 Å². The summed E-state index contributed by atoms with van der Waals surface area (Å²) < 4.78 is 0. The van der Waals surface area contributed by atoms with Crippen molar-refractivity contribution >= 4 is 58.9 Å². The molecule has 5 rings (SSSR count). The molecular weight excluding hydrogens is 531 g/mol. The predicted molar refractivity (Wildman–Crippen MR) is 141 cm³/mol. The average Bonchev–Trinajstić information content (AvgIpc) is 3.40. The number of aryl methyl sites for hydroxylation is 1. The van der Waals surface area contributed by atoms with E-state index in [0.29, 0.717) is 0 Å². The van der Waals surface area contributed by atoms with Crippen LogP contribution in [0.5, 0.6) is 0 Å². The number of hydrogen-bond donors (Lipinski definition) is 1. The molecule has 0 fully saturated rings. The van der Waals surface area contributed by atoms with Gasteiger partial charge in [0.25, 0.3) is 0 Å². The second-order valence-corrected chi connectivity index (χ2v) is 11.9. The van der Waals surface area contributed by atoms with Crippen LogP contribution in [-0.4, -0.2) is 21.2 Å². The van der Waals surface area contributed by atoms with Crippen molar-refractivity contribution in [3.8, 4) is 0 Å². The van der Waals surface area contributed by atoms with E-state index >= 15 is 0 Å². The molecule has 0 aliphatic rings. The third kappa shape index (κ3) is 8.28. The van der Waals surface area contributed by atoms with E-state index in [-0.39, 0.29) is 6.61 Å². The van der Waals surface area contributed by atoms with Crippen LogP contribution >= 0.6 is 17.0 Å². The third-order valence-electron chi connectivity index (χ3n) is 4.82. The van der Waals surface area contributed by atoms with Crippen molar-refractivity contribution < 1.29 is 26.0 Å². The molecule has 0 spiro atoms. The maximum absolute atomic E-state index is 8.70. The third-order valence-corrected chi connectivity index (χ3v) is 4.82. The van der Waals surface area contributed by atoms with Gasteiger partial charge in [-0.1, -0.05) is 55.6 Å². The maximum atomic E-state index is 8.70. The summed E-state index contributed by atoms with van der Waals surface area (Å²) in [4.78, 5) is 0. The van der Waals surface area contributed by atoms with E-state index in [1.165, 1.54) is 37.9 Å². The zero-order valence-electron chi connectivity index (χ0n) is 18.5. The second-order valence-electron chi connectivity index (χ2n) is 7.21. The van der Waals surface area contributed by atoms with E-state index in [0.717, 1.165) is 22.4 Å². The second kappa shape index (κ2) is 15.6. The molecule has 1 N–H and O–H groups in total. The van der Waals surface area contributed by atoms with Crippen LogP contribution in [0.3, 0.4) is 0 Å². The van der Waals surface area contributed by atoms with Gasteiger partial charge in [0.05, 0.1) is 0 Å². The molecule has 1 nitrogen and oxygen atoms in total. The molecule has 0 bridgehead atoms. The van der Waals surface area contributed by atoms with Crippen molar-refractivity contribution in [2.75, 3.05) is 6.61 Å². The SMILES string of the molecule is C[Si]C.OCCCc1cc2ccccc2[cH-]1.[Cl][Zr+2][Cl].c1ccc2c(c1)[cH-]c1ccccc12. The van der Waals surface area contributed by atoms with Gasteiger partial charge in [0.2, 0.25) is 0 Å². The molecule has 0 saturated heterocycles. The van der Waals surface area contributed by atoms with Gasteiger partial charge in [-0.3, -0.25) is 0 Å². The van der Waals surface area contributed by atoms with Crippen LogP contribution in [0.1, 0.15) is 12.0 Å². The first kappa shape index (κ1) is 27.0. The first-order chi connectivity index (χ1) is 15.7. The Morgan fingerprint density at radius 1 is 0.781 bits per heavy atom. The molecule has 0 atom stereocenters. The van der Waals surface area contributed by atoms with Gasteiger partial charge in [-0.2, -0.15) is 6.07 Å². The molecule has 0 saturated carbocycles. The molecule has 0 aliphatic carbocycles. The number of hydrogen-bond acceptors (Lipinski definition) is 1. The van der Waals surface area contributed by atoms with Crippen molar-refractivity contribution in [3.63, 3.8) is 0 Å². The normalized spacial score (nSPS) is 9.78. The van der Waals surface area contributed by atoms with Gasteiger partial charge in [0, 0.05) is 16.1 Å². The summed E-state index contributed by atoms with van der Waals surface area (Å²) in [5.74, 6) is 0. The predicted octanol–water partition coefficient (Wildman–Crippen LogP) is 8.36. The van der Waals surface area contributed by atoms with Gasteiger partial charge >= 0.3 is 37.9 Å². The molecule has 2 radical (unpaired) electrons. The molecule has 0 aliphatic heterocycles. The van der Waals surface area contributed by atoms with Gasteiger partial charge in [-0.25, -0.2) is 0 Å². The summed E-state index contributed by atoms with van der Waals surface area (Å²) in [6.45, 7) is 4.58. The van der Waals surface area contributed by atoms with Gasteiger partial charge in [-0.15, -0.1) is 80.3 Å². The molecule has 0 aromatic heterocycles. The minimum absolute atomic E-state index is 0.279. The summed E-state index contributed by atoms with van der Waals surface area (Å²) in [6.07, 6.45) is 1.83. The number of fused-ring (bicyclic) bond motifs is 4. The summed E-state index contributed by atoms with van der Waals surface area (Å²) in [5, 5.41) is 16.7. The Bertz CT molecular complexity index is 1100. The molecule has 5 aromatic rings. The fourth-order valence-corrected chi connectivity index (χ4v) is 3.55. The van der Waals surface area contributed by atoms with E-state index in [2.05, 4.69) is 104 Å². The Morgan fingerprint density at radius 2 is 1.25 bits per heavy atom. The maximum Gasteiger partial charge on any atom is -0.0771 e. The van der Waals surface area contributed by atoms with Crippen LogP contribution in [0.25, 0.3) is 32.3 Å². The monoisotopic (exact) mass is 556 g/mol. The fourth-order valence-electron chi connectivity index (χ4n) is 3.55. The molecule has 5 heteroatoms. The average molecular weight is 559 g/mol. The number of halogens is 2. The summed E-state index contributed by atoms with van der Waals surface area (Å²) in [6, 6.07) is 32.0. The molecule has 164 valence electrons. The van der Waals surface area contributed by atoms with Crippen LogP contribution in [0, 0.1) is 0 Å². The first-order valence-corrected chi connectivity index (χ1v) is 18.8. The van der Waals surface area contributed by atoms with Crippen LogP contribution in [0.15, 0.2) is 91.0 Å². The smallest absolute Gasteiger partial charge is 0.0771 e. The number of benzene rings is 3. The van der Waals surface area contributed by atoms with E-state index in [1.807, 2.05) is 0 Å². The molecule has 32 heavy (non-hydrogen) atoms. The van der Waals surface area contributed by atoms with E-state index < -0.39 is 20.8 Å². The van der Waals surface area contributed by atoms with E-state index in [4.69, 9.17) is 22.1 Å². The number of aliphatic hydroxyl groups is 1. The summed E-state index contributed by atoms with van der Waals surface area (Å²) in [7, 11) is 11.0. The topological polar surface area (TPSA) is 20.2 Å². The van der Waals surface area contributed by atoms with Crippen molar-refractivity contribution in [2.45, 2.75) is 25.9 Å². The Balaban J connectivity index is 0.000000183. The van der Waals surface area contributed by atoms with Crippen molar-refractivity contribution in [1.29, 1.82) is 0 Å². The van der Waals surface area contributed by atoms with E-state index in [1.54, 1.807) is 0 Å². The van der Waals surface area contributed by atoms with Crippen molar-refractivity contribution in [3.05, 3.63) is 96.6 Å². The molecule has 0 unspecified atom stereocenters. The van der Waals surface area contributed by atoms with Crippen molar-refractivity contribution in [2.24, 2.45) is 0 Å². The largest absolute Gasteiger partial charge is 0.126 e. The van der Waals surface area contributed by atoms with Crippen LogP contribution in [0.2, 0.25) is 13.1 Å². The van der Waals surface area contributed by atoms with Crippen LogP contribution in [-0.2, 0) is 27.3 Å². The van der Waals surface area contributed by atoms with Gasteiger partial charge < -0.3 is 5.11 Å². The van der Waals surface area contributed by atoms with Crippen LogP contribution in [0.4, 0.5) is 0 Å². The zero-order chi connectivity index (χ0) is 23.2. The minimum atomic E-state index is -0.826. The molecular formula is C27H28Cl2OSiZr. The molecule has 0 amide bonds. The van der Waals surface area contributed by atoms with E-state index in [9.17, 15) is 0 Å². The van der Waals surface area contributed by atoms with Gasteiger partial charge in [0.15, 0.2) is 0 Å². The summed E-state index contributed by atoms with van der Waals surface area (Å²) in [5.41, 5.74) is 1.33. The Hall–Kier alpha value is -1.22. The Kier molecular flexibility index (Phi) is 13.2. The number of aliphatic hydroxyl groups excluding tert-OH is 1. The standard InChI is InChI=1S/C13H9.C12H13O.C2H6Si.2ClH.Zr/c1-3-7-12-10(5-1)9-11-6-2-4-8-13(11)12;13-7-3-4-10-8-11-5-1-2-6-12(11)9-10;1-3-2;;;/h1-9H;1-2,5-6,8-9,13H,3-4,7H2;1-2H3;2*1H;/q2*-1;;;;+4/p-2. The zero-order valence-corrected chi connectivity index (χ0v) is 23.5. The quantitative estimate of drug-likeness (QED) is 0.174. The fraction of sp³-hybridized carbons (Fsp3) is 0.185. The van der Waals surface area contributed by atoms with Gasteiger partial charge in [0.1, 0.15) is 0 Å². The summed E-state index contributed by atoms with van der Waals surface area (Å²) >= 11 is -0.826. The Morgan fingerprint density at radius 3 is 1.75 bits per heavy atom.